The number of rotatable bonds is 3. The van der Waals surface area contributed by atoms with Crippen molar-refractivity contribution in [2.24, 2.45) is 0 Å². The SMILES string of the molecule is CN(C)/C=C(/C=O)c1ccc(Br)cc1. The summed E-state index contributed by atoms with van der Waals surface area (Å²) >= 11 is 3.35. The van der Waals surface area contributed by atoms with Gasteiger partial charge in [0.05, 0.1) is 0 Å². The third-order valence-electron chi connectivity index (χ3n) is 1.70. The van der Waals surface area contributed by atoms with Gasteiger partial charge < -0.3 is 4.90 Å². The first-order valence-corrected chi connectivity index (χ1v) is 5.02. The fourth-order valence-electron chi connectivity index (χ4n) is 1.09. The maximum Gasteiger partial charge on any atom is 0.152 e. The molecule has 0 unspecified atom stereocenters. The number of carbonyl (C=O) groups is 1. The second-order valence-corrected chi connectivity index (χ2v) is 4.09. The van der Waals surface area contributed by atoms with Gasteiger partial charge in [-0.3, -0.25) is 4.79 Å². The highest BCUT2D eigenvalue weighted by atomic mass is 79.9. The zero-order valence-electron chi connectivity index (χ0n) is 8.20. The Bertz CT molecular complexity index is 341. The van der Waals surface area contributed by atoms with Crippen molar-refractivity contribution >= 4 is 27.8 Å². The minimum absolute atomic E-state index is 0.683. The van der Waals surface area contributed by atoms with Crippen LogP contribution in [-0.2, 0) is 4.79 Å². The van der Waals surface area contributed by atoms with E-state index in [-0.39, 0.29) is 0 Å². The molecular formula is C11H12BrNO. The summed E-state index contributed by atoms with van der Waals surface area (Å²) in [6.07, 6.45) is 2.67. The first-order valence-electron chi connectivity index (χ1n) is 4.23. The molecule has 0 N–H and O–H groups in total. The van der Waals surface area contributed by atoms with Crippen molar-refractivity contribution < 1.29 is 4.79 Å². The molecule has 0 aliphatic rings. The van der Waals surface area contributed by atoms with Crippen LogP contribution in [-0.4, -0.2) is 25.3 Å². The highest BCUT2D eigenvalue weighted by Crippen LogP contribution is 2.16. The predicted molar refractivity (Wildman–Crippen MR) is 61.9 cm³/mol. The van der Waals surface area contributed by atoms with E-state index < -0.39 is 0 Å². The molecule has 0 aliphatic carbocycles. The van der Waals surface area contributed by atoms with Crippen LogP contribution in [0.2, 0.25) is 0 Å². The van der Waals surface area contributed by atoms with E-state index in [0.29, 0.717) is 5.57 Å². The topological polar surface area (TPSA) is 20.3 Å². The monoisotopic (exact) mass is 253 g/mol. The van der Waals surface area contributed by atoms with Crippen LogP contribution in [0.15, 0.2) is 34.9 Å². The Morgan fingerprint density at radius 1 is 1.29 bits per heavy atom. The molecule has 1 rings (SSSR count). The summed E-state index contributed by atoms with van der Waals surface area (Å²) < 4.78 is 1.01. The second kappa shape index (κ2) is 4.96. The average Bonchev–Trinajstić information content (AvgIpc) is 2.15. The zero-order chi connectivity index (χ0) is 10.6. The summed E-state index contributed by atoms with van der Waals surface area (Å²) in [6, 6.07) is 7.66. The molecule has 0 saturated heterocycles. The van der Waals surface area contributed by atoms with Crippen LogP contribution in [0.3, 0.4) is 0 Å². The molecule has 0 aromatic heterocycles. The highest BCUT2D eigenvalue weighted by molar-refractivity contribution is 9.10. The van der Waals surface area contributed by atoms with E-state index in [4.69, 9.17) is 0 Å². The summed E-state index contributed by atoms with van der Waals surface area (Å²) in [5.74, 6) is 0. The van der Waals surface area contributed by atoms with Crippen molar-refractivity contribution in [1.82, 2.24) is 4.90 Å². The van der Waals surface area contributed by atoms with E-state index in [9.17, 15) is 4.79 Å². The molecule has 0 aliphatic heterocycles. The van der Waals surface area contributed by atoms with Gasteiger partial charge in [-0.2, -0.15) is 0 Å². The average molecular weight is 254 g/mol. The lowest BCUT2D eigenvalue weighted by atomic mass is 10.1. The second-order valence-electron chi connectivity index (χ2n) is 3.17. The van der Waals surface area contributed by atoms with E-state index in [1.54, 1.807) is 6.20 Å². The third kappa shape index (κ3) is 3.00. The molecule has 0 atom stereocenters. The predicted octanol–water partition coefficient (Wildman–Crippen LogP) is 2.55. The summed E-state index contributed by atoms with van der Waals surface area (Å²) in [7, 11) is 3.78. The van der Waals surface area contributed by atoms with Gasteiger partial charge in [0.25, 0.3) is 0 Å². The molecule has 2 nitrogen and oxygen atoms in total. The molecule has 1 aromatic rings. The van der Waals surface area contributed by atoms with Crippen LogP contribution < -0.4 is 0 Å². The number of aldehydes is 1. The van der Waals surface area contributed by atoms with Gasteiger partial charge in [0, 0.05) is 30.3 Å². The lowest BCUT2D eigenvalue weighted by molar-refractivity contribution is -0.103. The Morgan fingerprint density at radius 2 is 1.86 bits per heavy atom. The number of hydrogen-bond donors (Lipinski definition) is 0. The fourth-order valence-corrected chi connectivity index (χ4v) is 1.36. The van der Waals surface area contributed by atoms with Crippen LogP contribution in [0.1, 0.15) is 5.56 Å². The van der Waals surface area contributed by atoms with Crippen LogP contribution in [0.25, 0.3) is 5.57 Å². The van der Waals surface area contributed by atoms with Crippen molar-refractivity contribution in [2.45, 2.75) is 0 Å². The van der Waals surface area contributed by atoms with E-state index in [0.717, 1.165) is 16.3 Å². The quantitative estimate of drug-likeness (QED) is 0.610. The number of halogens is 1. The van der Waals surface area contributed by atoms with Crippen LogP contribution >= 0.6 is 15.9 Å². The molecule has 14 heavy (non-hydrogen) atoms. The zero-order valence-corrected chi connectivity index (χ0v) is 9.78. The fraction of sp³-hybridized carbons (Fsp3) is 0.182. The Hall–Kier alpha value is -1.09. The molecule has 0 spiro atoms. The molecule has 74 valence electrons. The molecule has 0 bridgehead atoms. The summed E-state index contributed by atoms with van der Waals surface area (Å²) in [5, 5.41) is 0. The summed E-state index contributed by atoms with van der Waals surface area (Å²) in [5.41, 5.74) is 1.61. The Morgan fingerprint density at radius 3 is 2.29 bits per heavy atom. The van der Waals surface area contributed by atoms with Gasteiger partial charge in [-0.15, -0.1) is 0 Å². The van der Waals surface area contributed by atoms with Gasteiger partial charge in [-0.25, -0.2) is 0 Å². The van der Waals surface area contributed by atoms with Gasteiger partial charge in [0.15, 0.2) is 6.29 Å². The number of nitrogens with zero attached hydrogens (tertiary/aromatic N) is 1. The smallest absolute Gasteiger partial charge is 0.152 e. The molecule has 3 heteroatoms. The molecule has 0 radical (unpaired) electrons. The van der Waals surface area contributed by atoms with Crippen LogP contribution in [0, 0.1) is 0 Å². The molecule has 0 heterocycles. The maximum absolute atomic E-state index is 10.8. The van der Waals surface area contributed by atoms with Crippen molar-refractivity contribution in [3.05, 3.63) is 40.5 Å². The van der Waals surface area contributed by atoms with Gasteiger partial charge in [0.2, 0.25) is 0 Å². The Kier molecular flexibility index (Phi) is 3.89. The van der Waals surface area contributed by atoms with Crippen molar-refractivity contribution in [2.75, 3.05) is 14.1 Å². The molecule has 0 saturated carbocycles. The van der Waals surface area contributed by atoms with Gasteiger partial charge in [-0.1, -0.05) is 28.1 Å². The van der Waals surface area contributed by atoms with Gasteiger partial charge in [0.1, 0.15) is 0 Å². The van der Waals surface area contributed by atoms with E-state index in [1.165, 1.54) is 0 Å². The lowest BCUT2D eigenvalue weighted by Crippen LogP contribution is -2.03. The summed E-state index contributed by atoms with van der Waals surface area (Å²) in [6.45, 7) is 0. The Labute approximate surface area is 92.4 Å². The minimum atomic E-state index is 0.683. The molecule has 0 amide bonds. The normalized spacial score (nSPS) is 11.2. The number of benzene rings is 1. The first-order chi connectivity index (χ1) is 6.63. The van der Waals surface area contributed by atoms with Gasteiger partial charge in [-0.05, 0) is 17.7 Å². The van der Waals surface area contributed by atoms with Crippen LogP contribution in [0.5, 0.6) is 0 Å². The van der Waals surface area contributed by atoms with Gasteiger partial charge >= 0.3 is 0 Å². The number of hydrogen-bond acceptors (Lipinski definition) is 2. The largest absolute Gasteiger partial charge is 0.383 e. The van der Waals surface area contributed by atoms with E-state index in [2.05, 4.69) is 15.9 Å². The number of carbonyl (C=O) groups excluding carboxylic acids is 1. The standard InChI is InChI=1S/C11H12BrNO/c1-13(2)7-10(8-14)9-3-5-11(12)6-4-9/h3-8H,1-2H3/b10-7-. The minimum Gasteiger partial charge on any atom is -0.383 e. The highest BCUT2D eigenvalue weighted by Gasteiger charge is 1.99. The first kappa shape index (κ1) is 11.0. The van der Waals surface area contributed by atoms with Crippen molar-refractivity contribution in [1.29, 1.82) is 0 Å². The Balaban J connectivity index is 3.01. The van der Waals surface area contributed by atoms with E-state index in [1.807, 2.05) is 43.3 Å². The van der Waals surface area contributed by atoms with E-state index >= 15 is 0 Å². The summed E-state index contributed by atoms with van der Waals surface area (Å²) in [4.78, 5) is 12.7. The molecule has 1 aromatic carbocycles. The third-order valence-corrected chi connectivity index (χ3v) is 2.23. The number of allylic oxidation sites excluding steroid dienone is 1. The lowest BCUT2D eigenvalue weighted by Gasteiger charge is -2.07. The van der Waals surface area contributed by atoms with Crippen molar-refractivity contribution in [3.8, 4) is 0 Å². The van der Waals surface area contributed by atoms with Crippen LogP contribution in [0.4, 0.5) is 0 Å². The molecule has 0 fully saturated rings. The maximum atomic E-state index is 10.8. The molecular weight excluding hydrogens is 242 g/mol. The van der Waals surface area contributed by atoms with Crippen molar-refractivity contribution in [3.63, 3.8) is 0 Å².